The lowest BCUT2D eigenvalue weighted by Gasteiger charge is -2.33. The third kappa shape index (κ3) is 4.11. The van der Waals surface area contributed by atoms with E-state index in [4.69, 9.17) is 0 Å². The van der Waals surface area contributed by atoms with Crippen LogP contribution >= 0.6 is 0 Å². The first-order valence-corrected chi connectivity index (χ1v) is 10.2. The van der Waals surface area contributed by atoms with Crippen molar-refractivity contribution < 1.29 is 14.0 Å². The topological polar surface area (TPSA) is 52.7 Å². The lowest BCUT2D eigenvalue weighted by atomic mass is 9.99. The second-order valence-electron chi connectivity index (χ2n) is 7.76. The highest BCUT2D eigenvalue weighted by Gasteiger charge is 2.42. The van der Waals surface area contributed by atoms with Gasteiger partial charge >= 0.3 is 6.03 Å². The number of rotatable bonds is 3. The first kappa shape index (κ1) is 19.4. The van der Waals surface area contributed by atoms with Gasteiger partial charge in [-0.2, -0.15) is 0 Å². The molecule has 2 aromatic rings. The standard InChI is InChI=1S/C23H26FN3O2/c1-2-16-6-5-9-20(12-16)25-23(29)27-15-19(24)13-21(27)22(28)26-11-10-17-7-3-4-8-18(17)14-26/h3-9,12,19,21H,2,10-11,13-15H2,1H3,(H,25,29)/t19-,21-/m0/s1. The number of carbonyl (C=O) groups is 2. The fraction of sp³-hybridized carbons (Fsp3) is 0.391. The van der Waals surface area contributed by atoms with E-state index < -0.39 is 18.2 Å². The Balaban J connectivity index is 1.47. The van der Waals surface area contributed by atoms with E-state index in [1.165, 1.54) is 10.5 Å². The molecule has 0 aromatic heterocycles. The van der Waals surface area contributed by atoms with Gasteiger partial charge in [0.25, 0.3) is 0 Å². The molecule has 2 atom stereocenters. The number of alkyl halides is 1. The van der Waals surface area contributed by atoms with Crippen LogP contribution < -0.4 is 5.32 Å². The highest BCUT2D eigenvalue weighted by Crippen LogP contribution is 2.26. The van der Waals surface area contributed by atoms with Gasteiger partial charge in [-0.25, -0.2) is 9.18 Å². The molecule has 0 spiro atoms. The number of nitrogens with one attached hydrogen (secondary N) is 1. The van der Waals surface area contributed by atoms with E-state index in [0.29, 0.717) is 18.8 Å². The number of hydrogen-bond acceptors (Lipinski definition) is 2. The van der Waals surface area contributed by atoms with Crippen molar-refractivity contribution in [1.29, 1.82) is 0 Å². The molecule has 152 valence electrons. The van der Waals surface area contributed by atoms with Crippen LogP contribution in [0.3, 0.4) is 0 Å². The van der Waals surface area contributed by atoms with E-state index in [9.17, 15) is 14.0 Å². The molecular formula is C23H26FN3O2. The Morgan fingerprint density at radius 2 is 1.93 bits per heavy atom. The molecule has 2 aromatic carbocycles. The van der Waals surface area contributed by atoms with Crippen molar-refractivity contribution in [3.63, 3.8) is 0 Å². The predicted octanol–water partition coefficient (Wildman–Crippen LogP) is 3.78. The third-order valence-electron chi connectivity index (χ3n) is 5.82. The number of urea groups is 1. The van der Waals surface area contributed by atoms with E-state index in [1.54, 1.807) is 11.0 Å². The Morgan fingerprint density at radius 1 is 1.14 bits per heavy atom. The zero-order valence-electron chi connectivity index (χ0n) is 16.6. The molecule has 2 aliphatic heterocycles. The smallest absolute Gasteiger partial charge is 0.322 e. The predicted molar refractivity (Wildman–Crippen MR) is 110 cm³/mol. The molecule has 0 radical (unpaired) electrons. The summed E-state index contributed by atoms with van der Waals surface area (Å²) in [7, 11) is 0. The highest BCUT2D eigenvalue weighted by atomic mass is 19.1. The largest absolute Gasteiger partial charge is 0.336 e. The summed E-state index contributed by atoms with van der Waals surface area (Å²) in [6, 6.07) is 14.5. The van der Waals surface area contributed by atoms with Gasteiger partial charge in [0.05, 0.1) is 6.54 Å². The van der Waals surface area contributed by atoms with Gasteiger partial charge in [-0.05, 0) is 41.7 Å². The second-order valence-corrected chi connectivity index (χ2v) is 7.76. The van der Waals surface area contributed by atoms with Crippen molar-refractivity contribution in [3.05, 3.63) is 65.2 Å². The number of anilines is 1. The highest BCUT2D eigenvalue weighted by molar-refractivity contribution is 5.94. The molecule has 0 unspecified atom stereocenters. The summed E-state index contributed by atoms with van der Waals surface area (Å²) in [4.78, 5) is 29.1. The summed E-state index contributed by atoms with van der Waals surface area (Å²) < 4.78 is 14.2. The SMILES string of the molecule is CCc1cccc(NC(=O)N2C[C@@H](F)C[C@H]2C(=O)N2CCc3ccccc3C2)c1. The molecule has 3 amide bonds. The first-order valence-electron chi connectivity index (χ1n) is 10.2. The van der Waals surface area contributed by atoms with Gasteiger partial charge in [-0.3, -0.25) is 4.79 Å². The van der Waals surface area contributed by atoms with Gasteiger partial charge in [0.1, 0.15) is 12.2 Å². The van der Waals surface area contributed by atoms with Crippen LogP contribution in [0.25, 0.3) is 0 Å². The summed E-state index contributed by atoms with van der Waals surface area (Å²) in [5, 5.41) is 2.83. The minimum atomic E-state index is -1.19. The molecular weight excluding hydrogens is 369 g/mol. The Kier molecular flexibility index (Phi) is 5.51. The molecule has 4 rings (SSSR count). The van der Waals surface area contributed by atoms with Crippen molar-refractivity contribution in [3.8, 4) is 0 Å². The van der Waals surface area contributed by atoms with Crippen molar-refractivity contribution in [1.82, 2.24) is 9.80 Å². The van der Waals surface area contributed by atoms with Crippen LogP contribution in [-0.2, 0) is 24.2 Å². The molecule has 1 saturated heterocycles. The summed E-state index contributed by atoms with van der Waals surface area (Å²) in [5.74, 6) is -0.169. The van der Waals surface area contributed by atoms with Crippen molar-refractivity contribution in [2.24, 2.45) is 0 Å². The van der Waals surface area contributed by atoms with Crippen molar-refractivity contribution in [2.45, 2.75) is 44.9 Å². The van der Waals surface area contributed by atoms with Gasteiger partial charge in [0.15, 0.2) is 0 Å². The minimum absolute atomic E-state index is 0.0550. The lowest BCUT2D eigenvalue weighted by Crippen LogP contribution is -2.50. The summed E-state index contributed by atoms with van der Waals surface area (Å²) in [6.45, 7) is 3.09. The van der Waals surface area contributed by atoms with E-state index >= 15 is 0 Å². The zero-order chi connectivity index (χ0) is 20.4. The van der Waals surface area contributed by atoms with Crippen LogP contribution in [0.5, 0.6) is 0 Å². The van der Waals surface area contributed by atoms with Crippen LogP contribution in [0.1, 0.15) is 30.0 Å². The molecule has 2 aliphatic rings. The molecule has 1 fully saturated rings. The number of hydrogen-bond donors (Lipinski definition) is 1. The normalized spacial score (nSPS) is 21.0. The lowest BCUT2D eigenvalue weighted by molar-refractivity contribution is -0.136. The fourth-order valence-electron chi connectivity index (χ4n) is 4.20. The van der Waals surface area contributed by atoms with Crippen LogP contribution in [0.4, 0.5) is 14.9 Å². The van der Waals surface area contributed by atoms with Gasteiger partial charge in [-0.15, -0.1) is 0 Å². The van der Waals surface area contributed by atoms with E-state index in [0.717, 1.165) is 24.0 Å². The van der Waals surface area contributed by atoms with Gasteiger partial charge in [-0.1, -0.05) is 43.3 Å². The van der Waals surface area contributed by atoms with Crippen LogP contribution in [-0.4, -0.2) is 47.0 Å². The average molecular weight is 395 g/mol. The molecule has 29 heavy (non-hydrogen) atoms. The maximum absolute atomic E-state index is 14.2. The van der Waals surface area contributed by atoms with Crippen LogP contribution in [0.15, 0.2) is 48.5 Å². The average Bonchev–Trinajstić information content (AvgIpc) is 3.15. The molecule has 0 aliphatic carbocycles. The number of halogens is 1. The van der Waals surface area contributed by atoms with Gasteiger partial charge in [0, 0.05) is 25.2 Å². The summed E-state index contributed by atoms with van der Waals surface area (Å²) in [5.41, 5.74) is 4.13. The Morgan fingerprint density at radius 3 is 2.72 bits per heavy atom. The molecule has 6 heteroatoms. The Hall–Kier alpha value is -2.89. The fourth-order valence-corrected chi connectivity index (χ4v) is 4.20. The van der Waals surface area contributed by atoms with Crippen LogP contribution in [0.2, 0.25) is 0 Å². The molecule has 1 N–H and O–H groups in total. The quantitative estimate of drug-likeness (QED) is 0.860. The number of carbonyl (C=O) groups excluding carboxylic acids is 2. The molecule has 5 nitrogen and oxygen atoms in total. The van der Waals surface area contributed by atoms with Gasteiger partial charge < -0.3 is 15.1 Å². The number of amides is 3. The number of likely N-dealkylation sites (tertiary alicyclic amines) is 1. The Labute approximate surface area is 170 Å². The molecule has 0 bridgehead atoms. The zero-order valence-corrected chi connectivity index (χ0v) is 16.6. The third-order valence-corrected chi connectivity index (χ3v) is 5.82. The van der Waals surface area contributed by atoms with E-state index in [1.807, 2.05) is 43.3 Å². The van der Waals surface area contributed by atoms with Crippen molar-refractivity contribution in [2.75, 3.05) is 18.4 Å². The Bertz CT molecular complexity index is 917. The monoisotopic (exact) mass is 395 g/mol. The van der Waals surface area contributed by atoms with Crippen molar-refractivity contribution >= 4 is 17.6 Å². The van der Waals surface area contributed by atoms with Crippen LogP contribution in [0, 0.1) is 0 Å². The second kappa shape index (κ2) is 8.23. The van der Waals surface area contributed by atoms with Gasteiger partial charge in [0.2, 0.25) is 5.91 Å². The first-order chi connectivity index (χ1) is 14.0. The number of benzene rings is 2. The maximum Gasteiger partial charge on any atom is 0.322 e. The van der Waals surface area contributed by atoms with E-state index in [-0.39, 0.29) is 18.9 Å². The number of nitrogens with zero attached hydrogens (tertiary/aromatic N) is 2. The van der Waals surface area contributed by atoms with E-state index in [2.05, 4.69) is 11.4 Å². The molecule has 2 heterocycles. The summed E-state index contributed by atoms with van der Waals surface area (Å²) >= 11 is 0. The number of aryl methyl sites for hydroxylation is 1. The maximum atomic E-state index is 14.2. The summed E-state index contributed by atoms with van der Waals surface area (Å²) in [6.07, 6.45) is 0.509. The molecule has 0 saturated carbocycles. The minimum Gasteiger partial charge on any atom is -0.336 e. The number of fused-ring (bicyclic) bond motifs is 1.